The second-order valence-corrected chi connectivity index (χ2v) is 8.23. The maximum atomic E-state index is 14.3. The molecule has 0 saturated carbocycles. The molecule has 1 N–H and O–H groups in total. The minimum atomic E-state index is -0.176. The van der Waals surface area contributed by atoms with E-state index in [0.717, 1.165) is 48.7 Å². The second-order valence-electron chi connectivity index (χ2n) is 8.23. The van der Waals surface area contributed by atoms with Crippen LogP contribution in [0.25, 0.3) is 11.3 Å². The topological polar surface area (TPSA) is 44.3 Å². The molecule has 0 aliphatic carbocycles. The number of aromatic nitrogens is 2. The van der Waals surface area contributed by atoms with Crippen molar-refractivity contribution in [2.24, 2.45) is 0 Å². The van der Waals surface area contributed by atoms with E-state index < -0.39 is 0 Å². The van der Waals surface area contributed by atoms with E-state index in [9.17, 15) is 4.39 Å². The first-order valence-corrected chi connectivity index (χ1v) is 10.6. The average molecular weight is 404 g/mol. The van der Waals surface area contributed by atoms with Crippen LogP contribution in [-0.4, -0.2) is 47.1 Å². The molecule has 5 nitrogen and oxygen atoms in total. The van der Waals surface area contributed by atoms with Crippen molar-refractivity contribution in [1.82, 2.24) is 14.9 Å². The number of halogens is 1. The number of hydrogen-bond donors (Lipinski definition) is 1. The number of nitrogens with zero attached hydrogens (tertiary/aromatic N) is 4. The molecule has 1 unspecified atom stereocenters. The fourth-order valence-corrected chi connectivity index (χ4v) is 4.41. The van der Waals surface area contributed by atoms with Crippen molar-refractivity contribution < 1.29 is 4.39 Å². The number of nitrogens with one attached hydrogen (secondary N) is 1. The molecule has 6 heteroatoms. The maximum absolute atomic E-state index is 14.3. The minimum absolute atomic E-state index is 0.176. The van der Waals surface area contributed by atoms with Gasteiger partial charge in [-0.05, 0) is 54.8 Å². The molecule has 1 aromatic heterocycles. The minimum Gasteiger partial charge on any atom is -0.369 e. The Morgan fingerprint density at radius 2 is 2.00 bits per heavy atom. The number of rotatable bonds is 0. The zero-order valence-corrected chi connectivity index (χ0v) is 17.2. The van der Waals surface area contributed by atoms with Crippen molar-refractivity contribution in [2.45, 2.75) is 25.9 Å². The van der Waals surface area contributed by atoms with Crippen LogP contribution >= 0.6 is 0 Å². The maximum Gasteiger partial charge on any atom is 0.223 e. The van der Waals surface area contributed by atoms with Crippen molar-refractivity contribution in [1.29, 1.82) is 0 Å². The van der Waals surface area contributed by atoms with Crippen molar-refractivity contribution >= 4 is 11.6 Å². The first-order valence-electron chi connectivity index (χ1n) is 10.6. The summed E-state index contributed by atoms with van der Waals surface area (Å²) in [5, 5.41) is 3.29. The van der Waals surface area contributed by atoms with Gasteiger partial charge in [0.1, 0.15) is 5.82 Å². The molecule has 6 rings (SSSR count). The first kappa shape index (κ1) is 19.0. The largest absolute Gasteiger partial charge is 0.369 e. The van der Waals surface area contributed by atoms with Crippen LogP contribution in [0, 0.1) is 5.82 Å². The van der Waals surface area contributed by atoms with Crippen LogP contribution < -0.4 is 10.2 Å². The summed E-state index contributed by atoms with van der Waals surface area (Å²) in [5.74, 6) is 0.421. The monoisotopic (exact) mass is 403 g/mol. The summed E-state index contributed by atoms with van der Waals surface area (Å²) < 4.78 is 14.3. The van der Waals surface area contributed by atoms with Gasteiger partial charge in [0.15, 0.2) is 0 Å². The van der Waals surface area contributed by atoms with E-state index >= 15 is 0 Å². The standard InChI is InChI=1S/C24H26FN5/c1-17-15-30-10-9-29(17)16-19-3-2-4-20(11-19)23-6-8-27-24(28-23)26-7-5-18-12-21(25)14-22(30)13-18/h2-4,6,8,11-14,17H,5,7,9-10,15-16H2,1H3,(H,26,27,28)/t17-/m1/s1. The Hall–Kier alpha value is -2.99. The molecule has 0 radical (unpaired) electrons. The summed E-state index contributed by atoms with van der Waals surface area (Å²) in [5.41, 5.74) is 5.24. The zero-order chi connectivity index (χ0) is 20.5. The third-order valence-electron chi connectivity index (χ3n) is 6.03. The molecule has 4 heterocycles. The van der Waals surface area contributed by atoms with Crippen LogP contribution in [0.4, 0.5) is 16.0 Å². The Kier molecular flexibility index (Phi) is 5.09. The van der Waals surface area contributed by atoms with Gasteiger partial charge >= 0.3 is 0 Å². The van der Waals surface area contributed by atoms with E-state index in [1.165, 1.54) is 5.56 Å². The van der Waals surface area contributed by atoms with Gasteiger partial charge in [-0.3, -0.25) is 4.90 Å². The highest BCUT2D eigenvalue weighted by molar-refractivity contribution is 5.61. The van der Waals surface area contributed by atoms with Crippen LogP contribution in [0.5, 0.6) is 0 Å². The third-order valence-corrected chi connectivity index (χ3v) is 6.03. The molecule has 8 bridgehead atoms. The highest BCUT2D eigenvalue weighted by Gasteiger charge is 2.24. The van der Waals surface area contributed by atoms with Gasteiger partial charge in [0, 0.05) is 56.2 Å². The Bertz CT molecular complexity index is 1050. The van der Waals surface area contributed by atoms with Gasteiger partial charge in [-0.2, -0.15) is 0 Å². The van der Waals surface area contributed by atoms with Crippen molar-refractivity contribution in [3.8, 4) is 11.3 Å². The fraction of sp³-hybridized carbons (Fsp3) is 0.333. The third kappa shape index (κ3) is 4.00. The lowest BCUT2D eigenvalue weighted by Crippen LogP contribution is -2.51. The van der Waals surface area contributed by atoms with Crippen LogP contribution in [-0.2, 0) is 13.0 Å². The van der Waals surface area contributed by atoms with E-state index in [1.54, 1.807) is 18.3 Å². The molecule has 0 spiro atoms. The highest BCUT2D eigenvalue weighted by atomic mass is 19.1. The molecular formula is C24H26FN5. The van der Waals surface area contributed by atoms with Crippen LogP contribution in [0.1, 0.15) is 18.1 Å². The summed E-state index contributed by atoms with van der Waals surface area (Å²) in [7, 11) is 0. The van der Waals surface area contributed by atoms with E-state index in [-0.39, 0.29) is 5.82 Å². The summed E-state index contributed by atoms with van der Waals surface area (Å²) >= 11 is 0. The molecular weight excluding hydrogens is 377 g/mol. The van der Waals surface area contributed by atoms with Gasteiger partial charge in [-0.25, -0.2) is 14.4 Å². The lowest BCUT2D eigenvalue weighted by molar-refractivity contribution is 0.181. The molecule has 2 atom stereocenters. The molecule has 30 heavy (non-hydrogen) atoms. The van der Waals surface area contributed by atoms with Gasteiger partial charge in [0.25, 0.3) is 0 Å². The van der Waals surface area contributed by atoms with Gasteiger partial charge in [-0.1, -0.05) is 18.2 Å². The quantitative estimate of drug-likeness (QED) is 0.616. The van der Waals surface area contributed by atoms with E-state index in [0.29, 0.717) is 25.0 Å². The van der Waals surface area contributed by atoms with E-state index in [4.69, 9.17) is 0 Å². The molecule has 154 valence electrons. The molecule has 1 saturated heterocycles. The van der Waals surface area contributed by atoms with Crippen LogP contribution in [0.15, 0.2) is 54.7 Å². The van der Waals surface area contributed by atoms with E-state index in [1.807, 2.05) is 6.07 Å². The first-order chi connectivity index (χ1) is 14.6. The Labute approximate surface area is 176 Å². The van der Waals surface area contributed by atoms with Gasteiger partial charge in [0.05, 0.1) is 5.69 Å². The summed E-state index contributed by atoms with van der Waals surface area (Å²) in [6, 6.07) is 16.3. The van der Waals surface area contributed by atoms with Crippen LogP contribution in [0.2, 0.25) is 0 Å². The predicted octanol–water partition coefficient (Wildman–Crippen LogP) is 3.96. The summed E-state index contributed by atoms with van der Waals surface area (Å²) in [6.07, 6.45) is 2.50. The Morgan fingerprint density at radius 1 is 1.07 bits per heavy atom. The van der Waals surface area contributed by atoms with Gasteiger partial charge < -0.3 is 10.2 Å². The lowest BCUT2D eigenvalue weighted by atomic mass is 10.1. The summed E-state index contributed by atoms with van der Waals surface area (Å²) in [6.45, 7) is 6.55. The molecule has 3 aliphatic rings. The van der Waals surface area contributed by atoms with Gasteiger partial charge in [0.2, 0.25) is 5.95 Å². The smallest absolute Gasteiger partial charge is 0.223 e. The molecule has 3 aliphatic heterocycles. The number of benzene rings is 2. The number of hydrogen-bond acceptors (Lipinski definition) is 5. The predicted molar refractivity (Wildman–Crippen MR) is 118 cm³/mol. The van der Waals surface area contributed by atoms with E-state index in [2.05, 4.69) is 62.3 Å². The number of piperazine rings is 1. The Morgan fingerprint density at radius 3 is 2.90 bits per heavy atom. The van der Waals surface area contributed by atoms with Crippen molar-refractivity contribution in [2.75, 3.05) is 36.4 Å². The second kappa shape index (κ2) is 8.03. The number of anilines is 2. The Balaban J connectivity index is 1.52. The molecule has 2 aromatic carbocycles. The molecule has 3 aromatic rings. The fourth-order valence-electron chi connectivity index (χ4n) is 4.41. The van der Waals surface area contributed by atoms with Crippen molar-refractivity contribution in [3.05, 3.63) is 71.7 Å². The van der Waals surface area contributed by atoms with Gasteiger partial charge in [-0.15, -0.1) is 0 Å². The molecule has 1 fully saturated rings. The highest BCUT2D eigenvalue weighted by Crippen LogP contribution is 2.25. The van der Waals surface area contributed by atoms with Crippen molar-refractivity contribution in [3.63, 3.8) is 0 Å². The SMILES string of the molecule is C[C@@H]1CN2CCN1Cc1cccc(c1)-c1ccnc(n1)NCCc1cc(F)cc2c1. The normalized spacial score (nSPS) is 21.1. The lowest BCUT2D eigenvalue weighted by Gasteiger charge is -2.41. The zero-order valence-electron chi connectivity index (χ0n) is 17.2. The average Bonchev–Trinajstić information content (AvgIpc) is 2.75. The number of fused-ring (bicyclic) bond motifs is 4. The molecule has 0 amide bonds. The summed E-state index contributed by atoms with van der Waals surface area (Å²) in [4.78, 5) is 13.8. The van der Waals surface area contributed by atoms with Crippen LogP contribution in [0.3, 0.4) is 0 Å².